The van der Waals surface area contributed by atoms with Crippen LogP contribution in [0, 0.1) is 5.92 Å². The Morgan fingerprint density at radius 2 is 1.94 bits per heavy atom. The summed E-state index contributed by atoms with van der Waals surface area (Å²) < 4.78 is 0. The van der Waals surface area contributed by atoms with Crippen molar-refractivity contribution >= 4 is 22.4 Å². The number of nitrogen functional groups attached to an aromatic ring is 1. The Hall–Kier alpha value is -1.17. The standard InChI is InChI=1S/C12H22N4OS/c1-5-9(6-2)16(7-8(3)4)11(17)10-14-15-12(13)18-10/h8-9H,5-7H2,1-4H3,(H2,13,15). The highest BCUT2D eigenvalue weighted by atomic mass is 32.1. The van der Waals surface area contributed by atoms with E-state index in [1.54, 1.807) is 0 Å². The number of amides is 1. The first-order valence-electron chi connectivity index (χ1n) is 6.39. The van der Waals surface area contributed by atoms with Crippen LogP contribution in [0.15, 0.2) is 0 Å². The molecule has 0 aromatic carbocycles. The summed E-state index contributed by atoms with van der Waals surface area (Å²) in [6.07, 6.45) is 1.90. The van der Waals surface area contributed by atoms with Gasteiger partial charge in [0.15, 0.2) is 0 Å². The number of carbonyl (C=O) groups is 1. The van der Waals surface area contributed by atoms with Gasteiger partial charge in [0.2, 0.25) is 10.1 Å². The molecule has 5 nitrogen and oxygen atoms in total. The van der Waals surface area contributed by atoms with Crippen LogP contribution in [0.1, 0.15) is 50.3 Å². The van der Waals surface area contributed by atoms with Crippen molar-refractivity contribution in [3.8, 4) is 0 Å². The predicted octanol–water partition coefficient (Wildman–Crippen LogP) is 2.41. The summed E-state index contributed by atoms with van der Waals surface area (Å²) in [5, 5.41) is 8.29. The summed E-state index contributed by atoms with van der Waals surface area (Å²) in [5.74, 6) is 0.381. The van der Waals surface area contributed by atoms with E-state index < -0.39 is 0 Å². The molecule has 0 fully saturated rings. The predicted molar refractivity (Wildman–Crippen MR) is 74.6 cm³/mol. The van der Waals surface area contributed by atoms with E-state index in [1.165, 1.54) is 0 Å². The topological polar surface area (TPSA) is 72.1 Å². The Morgan fingerprint density at radius 3 is 2.33 bits per heavy atom. The molecule has 18 heavy (non-hydrogen) atoms. The quantitative estimate of drug-likeness (QED) is 0.861. The van der Waals surface area contributed by atoms with Gasteiger partial charge in [0.05, 0.1) is 0 Å². The zero-order chi connectivity index (χ0) is 13.7. The lowest BCUT2D eigenvalue weighted by Gasteiger charge is -2.31. The first kappa shape index (κ1) is 14.9. The van der Waals surface area contributed by atoms with Crippen molar-refractivity contribution in [3.05, 3.63) is 5.01 Å². The van der Waals surface area contributed by atoms with E-state index >= 15 is 0 Å². The zero-order valence-electron chi connectivity index (χ0n) is 11.5. The Morgan fingerprint density at radius 1 is 1.33 bits per heavy atom. The Kier molecular flexibility index (Phi) is 5.53. The third-order valence-electron chi connectivity index (χ3n) is 2.83. The fraction of sp³-hybridized carbons (Fsp3) is 0.750. The first-order valence-corrected chi connectivity index (χ1v) is 7.21. The molecule has 2 N–H and O–H groups in total. The summed E-state index contributed by atoms with van der Waals surface area (Å²) >= 11 is 1.15. The van der Waals surface area contributed by atoms with Gasteiger partial charge in [-0.3, -0.25) is 4.79 Å². The molecule has 0 radical (unpaired) electrons. The minimum Gasteiger partial charge on any atom is -0.374 e. The smallest absolute Gasteiger partial charge is 0.285 e. The molecule has 1 heterocycles. The molecular weight excluding hydrogens is 248 g/mol. The number of anilines is 1. The van der Waals surface area contributed by atoms with E-state index in [2.05, 4.69) is 37.9 Å². The molecular formula is C12H22N4OS. The second kappa shape index (κ2) is 6.68. The van der Waals surface area contributed by atoms with E-state index in [9.17, 15) is 4.79 Å². The van der Waals surface area contributed by atoms with Crippen molar-refractivity contribution in [1.29, 1.82) is 0 Å². The minimum atomic E-state index is -0.0494. The molecule has 1 aromatic rings. The van der Waals surface area contributed by atoms with Crippen LogP contribution >= 0.6 is 11.3 Å². The van der Waals surface area contributed by atoms with E-state index in [0.29, 0.717) is 16.1 Å². The molecule has 1 amide bonds. The lowest BCUT2D eigenvalue weighted by Crippen LogP contribution is -2.42. The molecule has 1 rings (SSSR count). The van der Waals surface area contributed by atoms with E-state index in [0.717, 1.165) is 30.7 Å². The van der Waals surface area contributed by atoms with Crippen LogP contribution in [-0.2, 0) is 0 Å². The fourth-order valence-corrected chi connectivity index (χ4v) is 2.53. The van der Waals surface area contributed by atoms with Gasteiger partial charge >= 0.3 is 0 Å². The Balaban J connectivity index is 2.91. The average molecular weight is 270 g/mol. The summed E-state index contributed by atoms with van der Waals surface area (Å²) in [6, 6.07) is 0.255. The van der Waals surface area contributed by atoms with Crippen molar-refractivity contribution in [2.75, 3.05) is 12.3 Å². The molecule has 0 aliphatic rings. The monoisotopic (exact) mass is 270 g/mol. The molecule has 6 heteroatoms. The van der Waals surface area contributed by atoms with Gasteiger partial charge in [-0.15, -0.1) is 10.2 Å². The highest BCUT2D eigenvalue weighted by Crippen LogP contribution is 2.19. The molecule has 0 atom stereocenters. The zero-order valence-corrected chi connectivity index (χ0v) is 12.3. The number of rotatable bonds is 6. The molecule has 1 aromatic heterocycles. The number of nitrogens with two attached hydrogens (primary N) is 1. The van der Waals surface area contributed by atoms with Crippen LogP contribution in [0.5, 0.6) is 0 Å². The van der Waals surface area contributed by atoms with Gasteiger partial charge in [-0.05, 0) is 18.8 Å². The Labute approximate surface area is 112 Å². The number of aromatic nitrogens is 2. The molecule has 0 unspecified atom stereocenters. The van der Waals surface area contributed by atoms with E-state index in [1.807, 2.05) is 4.90 Å². The number of nitrogens with zero attached hydrogens (tertiary/aromatic N) is 3. The third kappa shape index (κ3) is 3.66. The van der Waals surface area contributed by atoms with Crippen molar-refractivity contribution in [1.82, 2.24) is 15.1 Å². The maximum atomic E-state index is 12.4. The third-order valence-corrected chi connectivity index (χ3v) is 3.57. The van der Waals surface area contributed by atoms with Crippen LogP contribution in [0.25, 0.3) is 0 Å². The molecule has 0 bridgehead atoms. The summed E-state index contributed by atoms with van der Waals surface area (Å²) in [6.45, 7) is 9.16. The van der Waals surface area contributed by atoms with Gasteiger partial charge in [0.25, 0.3) is 5.91 Å². The van der Waals surface area contributed by atoms with Crippen LogP contribution < -0.4 is 5.73 Å². The number of hydrogen-bond donors (Lipinski definition) is 1. The van der Waals surface area contributed by atoms with Crippen LogP contribution in [0.2, 0.25) is 0 Å². The van der Waals surface area contributed by atoms with Crippen molar-refractivity contribution in [2.45, 2.75) is 46.6 Å². The van der Waals surface area contributed by atoms with Gasteiger partial charge in [0, 0.05) is 12.6 Å². The first-order chi connectivity index (χ1) is 8.49. The van der Waals surface area contributed by atoms with Gasteiger partial charge in [-0.1, -0.05) is 39.0 Å². The molecule has 102 valence electrons. The van der Waals surface area contributed by atoms with E-state index in [-0.39, 0.29) is 11.9 Å². The van der Waals surface area contributed by atoms with Crippen molar-refractivity contribution in [3.63, 3.8) is 0 Å². The number of hydrogen-bond acceptors (Lipinski definition) is 5. The van der Waals surface area contributed by atoms with Gasteiger partial charge in [-0.2, -0.15) is 0 Å². The van der Waals surface area contributed by atoms with Crippen LogP contribution in [-0.4, -0.2) is 33.6 Å². The minimum absolute atomic E-state index is 0.0494. The summed E-state index contributed by atoms with van der Waals surface area (Å²) in [7, 11) is 0. The summed E-state index contributed by atoms with van der Waals surface area (Å²) in [4.78, 5) is 14.3. The van der Waals surface area contributed by atoms with Crippen molar-refractivity contribution in [2.24, 2.45) is 5.92 Å². The maximum Gasteiger partial charge on any atom is 0.285 e. The molecule has 0 saturated heterocycles. The number of carbonyl (C=O) groups excluding carboxylic acids is 1. The van der Waals surface area contributed by atoms with Crippen LogP contribution in [0.4, 0.5) is 5.13 Å². The average Bonchev–Trinajstić information content (AvgIpc) is 2.74. The SMILES string of the molecule is CCC(CC)N(CC(C)C)C(=O)c1nnc(N)s1. The normalized spacial score (nSPS) is 11.2. The highest BCUT2D eigenvalue weighted by Gasteiger charge is 2.25. The molecule has 0 saturated carbocycles. The van der Waals surface area contributed by atoms with Gasteiger partial charge in [0.1, 0.15) is 0 Å². The van der Waals surface area contributed by atoms with Gasteiger partial charge in [-0.25, -0.2) is 0 Å². The van der Waals surface area contributed by atoms with Gasteiger partial charge < -0.3 is 10.6 Å². The van der Waals surface area contributed by atoms with Crippen molar-refractivity contribution < 1.29 is 4.79 Å². The Bertz CT molecular complexity index is 387. The lowest BCUT2D eigenvalue weighted by atomic mass is 10.1. The lowest BCUT2D eigenvalue weighted by molar-refractivity contribution is 0.0639. The second-order valence-electron chi connectivity index (χ2n) is 4.77. The summed E-state index contributed by atoms with van der Waals surface area (Å²) in [5.41, 5.74) is 5.53. The largest absolute Gasteiger partial charge is 0.374 e. The molecule has 0 aliphatic carbocycles. The van der Waals surface area contributed by atoms with E-state index in [4.69, 9.17) is 5.73 Å². The highest BCUT2D eigenvalue weighted by molar-refractivity contribution is 7.16. The molecule has 0 aliphatic heterocycles. The fourth-order valence-electron chi connectivity index (χ4n) is 1.96. The maximum absolute atomic E-state index is 12.4. The second-order valence-corrected chi connectivity index (χ2v) is 5.78. The van der Waals surface area contributed by atoms with Crippen LogP contribution in [0.3, 0.4) is 0 Å². The molecule has 0 spiro atoms.